The van der Waals surface area contributed by atoms with Crippen LogP contribution >= 0.6 is 0 Å². The molecule has 7 heteroatoms. The molecule has 0 bridgehead atoms. The first-order chi connectivity index (χ1) is 13.7. The van der Waals surface area contributed by atoms with Gasteiger partial charge in [0.05, 0.1) is 11.8 Å². The van der Waals surface area contributed by atoms with Crippen molar-refractivity contribution in [3.63, 3.8) is 0 Å². The highest BCUT2D eigenvalue weighted by Gasteiger charge is 2.10. The number of nitrogens with one attached hydrogen (secondary N) is 1. The number of benzene rings is 2. The summed E-state index contributed by atoms with van der Waals surface area (Å²) in [6.45, 7) is 0. The van der Waals surface area contributed by atoms with Gasteiger partial charge in [0.25, 0.3) is 0 Å². The largest absolute Gasteiger partial charge is 0.461 e. The smallest absolute Gasteiger partial charge is 0.144 e. The monoisotopic (exact) mass is 373 g/mol. The molecule has 2 aromatic heterocycles. The van der Waals surface area contributed by atoms with Crippen LogP contribution < -0.4 is 11.1 Å². The molecule has 0 amide bonds. The number of fused-ring (bicyclic) bond motifs is 1. The first-order valence-electron chi connectivity index (χ1n) is 8.73. The average Bonchev–Trinajstić information content (AvgIpc) is 3.10. The standard InChI is InChI=1S/C21H19N5O2/c1-27-25-12-18-20(22)23-13-24-21(18)26-16-7-8-19-15(10-16)11-17(28-19)9-14-5-3-2-4-6-14/h2-8,10-13H,9H2,1H3,(H3,22,23,24,26)/b25-12+. The van der Waals surface area contributed by atoms with Crippen molar-refractivity contribution in [2.75, 3.05) is 18.2 Å². The van der Waals surface area contributed by atoms with E-state index >= 15 is 0 Å². The van der Waals surface area contributed by atoms with Gasteiger partial charge in [-0.3, -0.25) is 0 Å². The second kappa shape index (κ2) is 7.79. The molecule has 140 valence electrons. The molecule has 0 aliphatic carbocycles. The summed E-state index contributed by atoms with van der Waals surface area (Å²) in [6, 6.07) is 18.1. The fourth-order valence-corrected chi connectivity index (χ4v) is 2.94. The zero-order valence-corrected chi connectivity index (χ0v) is 15.3. The molecule has 2 aromatic carbocycles. The lowest BCUT2D eigenvalue weighted by Gasteiger charge is -2.09. The average molecular weight is 373 g/mol. The minimum atomic E-state index is 0.313. The lowest BCUT2D eigenvalue weighted by molar-refractivity contribution is 0.215. The van der Waals surface area contributed by atoms with E-state index in [1.807, 2.05) is 36.4 Å². The third kappa shape index (κ3) is 3.78. The van der Waals surface area contributed by atoms with E-state index in [0.29, 0.717) is 17.2 Å². The minimum absolute atomic E-state index is 0.313. The van der Waals surface area contributed by atoms with Crippen molar-refractivity contribution < 1.29 is 9.25 Å². The number of nitrogens with zero attached hydrogens (tertiary/aromatic N) is 3. The van der Waals surface area contributed by atoms with Gasteiger partial charge in [0.1, 0.15) is 36.4 Å². The molecular weight excluding hydrogens is 354 g/mol. The molecule has 0 aliphatic heterocycles. The normalized spacial score (nSPS) is 11.2. The zero-order chi connectivity index (χ0) is 19.3. The van der Waals surface area contributed by atoms with Gasteiger partial charge in [-0.05, 0) is 29.8 Å². The number of hydrogen-bond donors (Lipinski definition) is 2. The molecular formula is C21H19N5O2. The number of nitrogens with two attached hydrogens (primary N) is 1. The third-order valence-electron chi connectivity index (χ3n) is 4.25. The molecule has 3 N–H and O–H groups in total. The fourth-order valence-electron chi connectivity index (χ4n) is 2.94. The molecule has 0 saturated heterocycles. The highest BCUT2D eigenvalue weighted by molar-refractivity contribution is 5.93. The minimum Gasteiger partial charge on any atom is -0.461 e. The molecule has 2 heterocycles. The van der Waals surface area contributed by atoms with Crippen LogP contribution in [0.1, 0.15) is 16.9 Å². The Morgan fingerprint density at radius 3 is 2.82 bits per heavy atom. The second-order valence-corrected chi connectivity index (χ2v) is 6.19. The first-order valence-corrected chi connectivity index (χ1v) is 8.73. The van der Waals surface area contributed by atoms with Gasteiger partial charge in [0.2, 0.25) is 0 Å². The molecule has 4 rings (SSSR count). The van der Waals surface area contributed by atoms with Crippen LogP contribution in [-0.2, 0) is 11.3 Å². The van der Waals surface area contributed by atoms with Gasteiger partial charge in [-0.2, -0.15) is 0 Å². The Labute approximate surface area is 161 Å². The van der Waals surface area contributed by atoms with Crippen molar-refractivity contribution in [1.29, 1.82) is 0 Å². The highest BCUT2D eigenvalue weighted by Crippen LogP contribution is 2.27. The van der Waals surface area contributed by atoms with Crippen LogP contribution in [0.2, 0.25) is 0 Å². The van der Waals surface area contributed by atoms with Crippen LogP contribution in [0, 0.1) is 0 Å². The SMILES string of the molecule is CO/N=C/c1c(N)ncnc1Nc1ccc2oc(Cc3ccccc3)cc2c1. The fraction of sp³-hybridized carbons (Fsp3) is 0.0952. The van der Waals surface area contributed by atoms with Crippen LogP contribution in [-0.4, -0.2) is 23.3 Å². The van der Waals surface area contributed by atoms with Crippen LogP contribution in [0.25, 0.3) is 11.0 Å². The number of hydrogen-bond acceptors (Lipinski definition) is 7. The molecule has 0 atom stereocenters. The van der Waals surface area contributed by atoms with Crippen LogP contribution in [0.5, 0.6) is 0 Å². The third-order valence-corrected chi connectivity index (χ3v) is 4.25. The molecule has 0 saturated carbocycles. The molecule has 0 aliphatic rings. The number of nitrogen functional groups attached to an aromatic ring is 1. The highest BCUT2D eigenvalue weighted by atomic mass is 16.6. The van der Waals surface area contributed by atoms with Gasteiger partial charge in [0, 0.05) is 17.5 Å². The summed E-state index contributed by atoms with van der Waals surface area (Å²) in [5.41, 5.74) is 9.38. The van der Waals surface area contributed by atoms with E-state index in [-0.39, 0.29) is 0 Å². The van der Waals surface area contributed by atoms with Gasteiger partial charge in [0.15, 0.2) is 0 Å². The Morgan fingerprint density at radius 1 is 1.14 bits per heavy atom. The first kappa shape index (κ1) is 17.5. The number of oxime groups is 1. The number of rotatable bonds is 6. The van der Waals surface area contributed by atoms with Crippen molar-refractivity contribution in [2.45, 2.75) is 6.42 Å². The Balaban J connectivity index is 1.60. The Kier molecular flexibility index (Phi) is 4.88. The number of anilines is 3. The Morgan fingerprint density at radius 2 is 2.00 bits per heavy atom. The molecule has 0 unspecified atom stereocenters. The summed E-state index contributed by atoms with van der Waals surface area (Å²) < 4.78 is 5.96. The van der Waals surface area contributed by atoms with Gasteiger partial charge in [-0.25, -0.2) is 9.97 Å². The van der Waals surface area contributed by atoms with Gasteiger partial charge >= 0.3 is 0 Å². The van der Waals surface area contributed by atoms with E-state index in [9.17, 15) is 0 Å². The number of furan rings is 1. The molecule has 0 radical (unpaired) electrons. The topological polar surface area (TPSA) is 98.6 Å². The Bertz CT molecular complexity index is 1120. The summed E-state index contributed by atoms with van der Waals surface area (Å²) in [5.74, 6) is 1.77. The summed E-state index contributed by atoms with van der Waals surface area (Å²) >= 11 is 0. The lowest BCUT2D eigenvalue weighted by Crippen LogP contribution is -2.04. The van der Waals surface area contributed by atoms with Gasteiger partial charge in [-0.1, -0.05) is 35.5 Å². The lowest BCUT2D eigenvalue weighted by atomic mass is 10.1. The van der Waals surface area contributed by atoms with E-state index in [2.05, 4.69) is 38.6 Å². The van der Waals surface area contributed by atoms with E-state index in [0.717, 1.165) is 28.8 Å². The van der Waals surface area contributed by atoms with Crippen molar-refractivity contribution in [2.24, 2.45) is 5.16 Å². The van der Waals surface area contributed by atoms with E-state index in [4.69, 9.17) is 15.0 Å². The quantitative estimate of drug-likeness (QED) is 0.390. The van der Waals surface area contributed by atoms with Crippen LogP contribution in [0.3, 0.4) is 0 Å². The van der Waals surface area contributed by atoms with Gasteiger partial charge < -0.3 is 20.3 Å². The van der Waals surface area contributed by atoms with Crippen LogP contribution in [0.15, 0.2) is 70.5 Å². The summed E-state index contributed by atoms with van der Waals surface area (Å²) in [5, 5.41) is 8.02. The molecule has 4 aromatic rings. The zero-order valence-electron chi connectivity index (χ0n) is 15.3. The van der Waals surface area contributed by atoms with Crippen molar-refractivity contribution >= 4 is 34.5 Å². The molecule has 0 spiro atoms. The van der Waals surface area contributed by atoms with E-state index in [1.165, 1.54) is 25.2 Å². The predicted octanol–water partition coefficient (Wildman–Crippen LogP) is 4.12. The molecule has 0 fully saturated rings. The second-order valence-electron chi connectivity index (χ2n) is 6.19. The van der Waals surface area contributed by atoms with E-state index < -0.39 is 0 Å². The summed E-state index contributed by atoms with van der Waals surface area (Å²) in [6.07, 6.45) is 3.63. The maximum atomic E-state index is 5.96. The van der Waals surface area contributed by atoms with Crippen molar-refractivity contribution in [3.05, 3.63) is 77.8 Å². The van der Waals surface area contributed by atoms with Crippen molar-refractivity contribution in [3.8, 4) is 0 Å². The van der Waals surface area contributed by atoms with Crippen LogP contribution in [0.4, 0.5) is 17.3 Å². The predicted molar refractivity (Wildman–Crippen MR) is 110 cm³/mol. The summed E-state index contributed by atoms with van der Waals surface area (Å²) in [7, 11) is 1.46. The Hall–Kier alpha value is -3.87. The molecule has 7 nitrogen and oxygen atoms in total. The maximum absolute atomic E-state index is 5.96. The molecule has 28 heavy (non-hydrogen) atoms. The maximum Gasteiger partial charge on any atom is 0.144 e. The summed E-state index contributed by atoms with van der Waals surface area (Å²) in [4.78, 5) is 13.0. The number of aromatic nitrogens is 2. The van der Waals surface area contributed by atoms with Crippen molar-refractivity contribution in [1.82, 2.24) is 9.97 Å². The van der Waals surface area contributed by atoms with Gasteiger partial charge in [-0.15, -0.1) is 0 Å². The van der Waals surface area contributed by atoms with E-state index in [1.54, 1.807) is 0 Å².